The number of halogens is 1. The van der Waals surface area contributed by atoms with Crippen molar-refractivity contribution < 1.29 is 40.8 Å². The van der Waals surface area contributed by atoms with E-state index in [1.54, 1.807) is 0 Å². The van der Waals surface area contributed by atoms with Crippen LogP contribution in [0.2, 0.25) is 0 Å². The average molecular weight is 629 g/mol. The first-order valence-electron chi connectivity index (χ1n) is 14.4. The minimum Gasteiger partial charge on any atom is -1.00 e. The van der Waals surface area contributed by atoms with E-state index in [2.05, 4.69) is 97.2 Å². The summed E-state index contributed by atoms with van der Waals surface area (Å²) in [4.78, 5) is 0. The molecule has 0 atom stereocenters. The van der Waals surface area contributed by atoms with E-state index >= 15 is 0 Å². The molecule has 0 radical (unpaired) electrons. The van der Waals surface area contributed by atoms with Crippen molar-refractivity contribution in [2.75, 3.05) is 40.5 Å². The zero-order valence-corrected chi connectivity index (χ0v) is 27.7. The Hall–Kier alpha value is -2.38. The van der Waals surface area contributed by atoms with Crippen LogP contribution in [-0.4, -0.2) is 50.1 Å². The Labute approximate surface area is 258 Å². The molecule has 0 aliphatic heterocycles. The molecule has 41 heavy (non-hydrogen) atoms. The Kier molecular flexibility index (Phi) is 13.4. The molecule has 3 aromatic rings. The van der Waals surface area contributed by atoms with E-state index in [1.807, 2.05) is 24.3 Å². The van der Waals surface area contributed by atoms with Crippen LogP contribution in [0.3, 0.4) is 0 Å². The standard InChI is InChI=1S/C35H50NO4.BrH/c1-34(2,3)27-35(4,5)31-15-17-32(18-16-31)39-22-21-38-20-19-36(6,7)24-28-11-13-29(14-12-28)26-40-33-10-8-9-30(23-33)25-37;/h8-18,23,37H,19-22,24-27H2,1-7H3;1H/q+1;/p-1. The summed E-state index contributed by atoms with van der Waals surface area (Å²) in [5.41, 5.74) is 5.03. The average Bonchev–Trinajstić information content (AvgIpc) is 2.89. The molecule has 0 fully saturated rings. The second-order valence-corrected chi connectivity index (χ2v) is 13.3. The van der Waals surface area contributed by atoms with Crippen molar-refractivity contribution >= 4 is 0 Å². The van der Waals surface area contributed by atoms with Gasteiger partial charge in [0.25, 0.3) is 0 Å². The number of rotatable bonds is 15. The molecule has 3 aromatic carbocycles. The first kappa shape index (κ1) is 34.8. The molecule has 226 valence electrons. The third kappa shape index (κ3) is 12.6. The number of aliphatic hydroxyl groups is 1. The quantitative estimate of drug-likeness (QED) is 0.203. The highest BCUT2D eigenvalue weighted by atomic mass is 79.9. The van der Waals surface area contributed by atoms with Gasteiger partial charge in [-0.25, -0.2) is 0 Å². The van der Waals surface area contributed by atoms with Crippen LogP contribution in [0.4, 0.5) is 0 Å². The fourth-order valence-corrected chi connectivity index (χ4v) is 5.28. The molecule has 0 saturated heterocycles. The molecule has 0 aliphatic carbocycles. The van der Waals surface area contributed by atoms with Gasteiger partial charge in [0.15, 0.2) is 0 Å². The number of nitrogens with zero attached hydrogens (tertiary/aromatic N) is 1. The van der Waals surface area contributed by atoms with Crippen molar-refractivity contribution in [1.82, 2.24) is 0 Å². The van der Waals surface area contributed by atoms with Crippen LogP contribution in [0.5, 0.6) is 11.5 Å². The maximum atomic E-state index is 9.29. The summed E-state index contributed by atoms with van der Waals surface area (Å²) >= 11 is 0. The van der Waals surface area contributed by atoms with Gasteiger partial charge in [-0.1, -0.05) is 83.1 Å². The summed E-state index contributed by atoms with van der Waals surface area (Å²) in [7, 11) is 4.46. The molecular formula is C35H50BrNO4. The molecule has 0 bridgehead atoms. The second-order valence-electron chi connectivity index (χ2n) is 13.3. The van der Waals surface area contributed by atoms with E-state index < -0.39 is 0 Å². The molecule has 0 spiro atoms. The third-order valence-corrected chi connectivity index (χ3v) is 7.07. The first-order chi connectivity index (χ1) is 18.9. The van der Waals surface area contributed by atoms with Crippen LogP contribution in [0.15, 0.2) is 72.8 Å². The predicted molar refractivity (Wildman–Crippen MR) is 164 cm³/mol. The van der Waals surface area contributed by atoms with Crippen LogP contribution >= 0.6 is 0 Å². The molecule has 6 heteroatoms. The molecule has 0 aliphatic rings. The van der Waals surface area contributed by atoms with E-state index in [4.69, 9.17) is 14.2 Å². The molecule has 1 N–H and O–H groups in total. The number of hydrogen-bond donors (Lipinski definition) is 1. The van der Waals surface area contributed by atoms with E-state index in [9.17, 15) is 5.11 Å². The zero-order valence-electron chi connectivity index (χ0n) is 26.1. The maximum absolute atomic E-state index is 9.29. The third-order valence-electron chi connectivity index (χ3n) is 7.07. The highest BCUT2D eigenvalue weighted by Gasteiger charge is 2.27. The first-order valence-corrected chi connectivity index (χ1v) is 14.4. The highest BCUT2D eigenvalue weighted by Crippen LogP contribution is 2.36. The fourth-order valence-electron chi connectivity index (χ4n) is 5.28. The number of aliphatic hydroxyl groups excluding tert-OH is 1. The lowest BCUT2D eigenvalue weighted by atomic mass is 9.72. The molecule has 0 heterocycles. The second kappa shape index (κ2) is 15.7. The maximum Gasteiger partial charge on any atom is 0.120 e. The molecule has 0 unspecified atom stereocenters. The summed E-state index contributed by atoms with van der Waals surface area (Å²) in [5.74, 6) is 1.66. The minimum absolute atomic E-state index is 0. The largest absolute Gasteiger partial charge is 1.00 e. The Balaban J connectivity index is 0.00000588. The lowest BCUT2D eigenvalue weighted by Gasteiger charge is -2.33. The van der Waals surface area contributed by atoms with Gasteiger partial charge < -0.3 is 40.8 Å². The van der Waals surface area contributed by atoms with Crippen molar-refractivity contribution in [3.05, 3.63) is 95.1 Å². The molecule has 0 aromatic heterocycles. The number of likely N-dealkylation sites (N-methyl/N-ethyl adjacent to an activating group) is 1. The van der Waals surface area contributed by atoms with Crippen LogP contribution in [0.1, 0.15) is 63.3 Å². The van der Waals surface area contributed by atoms with Gasteiger partial charge in [0, 0.05) is 5.56 Å². The molecule has 3 rings (SSSR count). The smallest absolute Gasteiger partial charge is 0.120 e. The summed E-state index contributed by atoms with van der Waals surface area (Å²) in [6.45, 7) is 15.7. The normalized spacial score (nSPS) is 12.1. The van der Waals surface area contributed by atoms with Crippen molar-refractivity contribution in [1.29, 1.82) is 0 Å². The van der Waals surface area contributed by atoms with Crippen LogP contribution in [0.25, 0.3) is 0 Å². The Morgan fingerprint density at radius 2 is 1.37 bits per heavy atom. The van der Waals surface area contributed by atoms with Gasteiger partial charge in [-0.2, -0.15) is 0 Å². The lowest BCUT2D eigenvalue weighted by Crippen LogP contribution is -3.00. The van der Waals surface area contributed by atoms with Gasteiger partial charge in [-0.15, -0.1) is 0 Å². The number of quaternary nitrogens is 1. The summed E-state index contributed by atoms with van der Waals surface area (Å²) in [6.07, 6.45) is 1.13. The van der Waals surface area contributed by atoms with Crippen molar-refractivity contribution in [2.45, 2.75) is 66.2 Å². The summed E-state index contributed by atoms with van der Waals surface area (Å²) < 4.78 is 18.5. The number of ether oxygens (including phenoxy) is 3. The van der Waals surface area contributed by atoms with Gasteiger partial charge in [0.05, 0.1) is 33.9 Å². The Morgan fingerprint density at radius 1 is 0.707 bits per heavy atom. The molecular weight excluding hydrogens is 578 g/mol. The SMILES string of the molecule is CC(C)(C)CC(C)(C)c1ccc(OCCOCC[N+](C)(C)Cc2ccc(COc3cccc(CO)c3)cc2)cc1.[Br-]. The van der Waals surface area contributed by atoms with Gasteiger partial charge >= 0.3 is 0 Å². The predicted octanol–water partition coefficient (Wildman–Crippen LogP) is 4.15. The summed E-state index contributed by atoms with van der Waals surface area (Å²) in [6, 6.07) is 24.7. The van der Waals surface area contributed by atoms with Gasteiger partial charge in [0.1, 0.15) is 37.8 Å². The highest BCUT2D eigenvalue weighted by molar-refractivity contribution is 5.32. The van der Waals surface area contributed by atoms with Gasteiger partial charge in [-0.3, -0.25) is 0 Å². The molecule has 0 saturated carbocycles. The van der Waals surface area contributed by atoms with Crippen molar-refractivity contribution in [2.24, 2.45) is 5.41 Å². The van der Waals surface area contributed by atoms with E-state index in [-0.39, 0.29) is 29.0 Å². The molecule has 5 nitrogen and oxygen atoms in total. The zero-order chi connectivity index (χ0) is 29.2. The fraction of sp³-hybridized carbons (Fsp3) is 0.486. The molecule has 0 amide bonds. The van der Waals surface area contributed by atoms with E-state index in [0.717, 1.165) is 46.6 Å². The van der Waals surface area contributed by atoms with Gasteiger partial charge in [-0.05, 0) is 58.2 Å². The lowest BCUT2D eigenvalue weighted by molar-refractivity contribution is -0.904. The van der Waals surface area contributed by atoms with Crippen LogP contribution in [-0.2, 0) is 29.9 Å². The summed E-state index contributed by atoms with van der Waals surface area (Å²) in [5, 5.41) is 9.29. The van der Waals surface area contributed by atoms with Crippen LogP contribution < -0.4 is 26.5 Å². The van der Waals surface area contributed by atoms with Gasteiger partial charge in [0.2, 0.25) is 0 Å². The number of hydrogen-bond acceptors (Lipinski definition) is 4. The van der Waals surface area contributed by atoms with E-state index in [1.165, 1.54) is 11.1 Å². The van der Waals surface area contributed by atoms with E-state index in [0.29, 0.717) is 31.8 Å². The van der Waals surface area contributed by atoms with Crippen molar-refractivity contribution in [3.8, 4) is 11.5 Å². The Morgan fingerprint density at radius 3 is 2.00 bits per heavy atom. The van der Waals surface area contributed by atoms with Crippen molar-refractivity contribution in [3.63, 3.8) is 0 Å². The minimum atomic E-state index is 0. The monoisotopic (exact) mass is 627 g/mol. The number of benzene rings is 3. The topological polar surface area (TPSA) is 47.9 Å². The van der Waals surface area contributed by atoms with Crippen LogP contribution in [0, 0.1) is 5.41 Å². The Bertz CT molecular complexity index is 1170.